The summed E-state index contributed by atoms with van der Waals surface area (Å²) in [5.41, 5.74) is 8.30. The summed E-state index contributed by atoms with van der Waals surface area (Å²) in [5.74, 6) is 0. The molecule has 0 bridgehead atoms. The largest absolute Gasteiger partial charge is 0.315 e. The van der Waals surface area contributed by atoms with Crippen LogP contribution in [0.4, 0.5) is 28.4 Å². The molecule has 0 aromatic heterocycles. The second kappa shape index (κ2) is 7.36. The lowest BCUT2D eigenvalue weighted by Gasteiger charge is -2.37. The Morgan fingerprint density at radius 1 is 0.700 bits per heavy atom. The zero-order chi connectivity index (χ0) is 20.6. The van der Waals surface area contributed by atoms with Crippen LogP contribution in [0.25, 0.3) is 0 Å². The average Bonchev–Trinajstić information content (AvgIpc) is 2.79. The minimum absolute atomic E-state index is 0.599. The smallest absolute Gasteiger partial charge is 0.167 e. The van der Waals surface area contributed by atoms with Crippen molar-refractivity contribution in [2.75, 3.05) is 6.67 Å². The van der Waals surface area contributed by atoms with Gasteiger partial charge in [-0.15, -0.1) is 0 Å². The predicted molar refractivity (Wildman–Crippen MR) is 123 cm³/mol. The van der Waals surface area contributed by atoms with E-state index in [9.17, 15) is 0 Å². The Kier molecular flexibility index (Phi) is 4.53. The molecule has 1 heterocycles. The maximum Gasteiger partial charge on any atom is 0.315 e. The SMILES string of the molecule is Cc1cc(C)c2c(c1)N=[N+](c1ccccc1)C[N+]2(c1ccccc1)c1ccccc1. The molecule has 5 rings (SSSR count). The quantitative estimate of drug-likeness (QED) is 0.251. The molecule has 4 aromatic rings. The second-order valence-electron chi connectivity index (χ2n) is 7.91. The first-order valence-corrected chi connectivity index (χ1v) is 10.3. The standard InChI is InChI=1S/C27H25N3/c1-21-18-22(2)27-26(19-21)28-29(23-12-6-3-7-13-23)20-30(27,24-14-8-4-9-15-24)25-16-10-5-11-17-25/h3-19H,20H2,1-2H3/q+2. The molecule has 4 aromatic carbocycles. The maximum atomic E-state index is 5.10. The molecule has 0 fully saturated rings. The third kappa shape index (κ3) is 2.95. The molecule has 0 spiro atoms. The summed E-state index contributed by atoms with van der Waals surface area (Å²) >= 11 is 0. The van der Waals surface area contributed by atoms with E-state index in [2.05, 4.69) is 116 Å². The van der Waals surface area contributed by atoms with E-state index in [0.717, 1.165) is 11.4 Å². The Labute approximate surface area is 177 Å². The van der Waals surface area contributed by atoms with Crippen molar-refractivity contribution in [1.29, 1.82) is 0 Å². The van der Waals surface area contributed by atoms with Gasteiger partial charge >= 0.3 is 6.67 Å². The van der Waals surface area contributed by atoms with Crippen molar-refractivity contribution in [1.82, 2.24) is 4.48 Å². The minimum atomic E-state index is 0.599. The molecule has 0 aliphatic carbocycles. The fourth-order valence-electron chi connectivity index (χ4n) is 4.62. The Hall–Kier alpha value is -3.56. The van der Waals surface area contributed by atoms with E-state index >= 15 is 0 Å². The van der Waals surface area contributed by atoms with Crippen LogP contribution >= 0.6 is 0 Å². The van der Waals surface area contributed by atoms with Gasteiger partial charge in [-0.25, -0.2) is 0 Å². The molecule has 3 heteroatoms. The number of benzene rings is 4. The highest BCUT2D eigenvalue weighted by Gasteiger charge is 2.48. The molecule has 1 aliphatic rings. The van der Waals surface area contributed by atoms with Gasteiger partial charge in [0.15, 0.2) is 11.4 Å². The minimum Gasteiger partial charge on any atom is -0.167 e. The van der Waals surface area contributed by atoms with Crippen LogP contribution in [0.2, 0.25) is 0 Å². The van der Waals surface area contributed by atoms with Gasteiger partial charge in [0, 0.05) is 47.1 Å². The van der Waals surface area contributed by atoms with Gasteiger partial charge in [-0.1, -0.05) is 60.7 Å². The molecular formula is C27H25N3+2. The molecule has 1 aliphatic heterocycles. The molecule has 146 valence electrons. The first-order valence-electron chi connectivity index (χ1n) is 10.3. The number of para-hydroxylation sites is 3. The summed E-state index contributed by atoms with van der Waals surface area (Å²) in [6, 6.07) is 36.5. The molecular weight excluding hydrogens is 366 g/mol. The number of fused-ring (bicyclic) bond motifs is 1. The van der Waals surface area contributed by atoms with Gasteiger partial charge in [0.2, 0.25) is 5.69 Å². The van der Waals surface area contributed by atoms with Gasteiger partial charge in [0.05, 0.1) is 0 Å². The normalized spacial score (nSPS) is 14.7. The van der Waals surface area contributed by atoms with Crippen LogP contribution in [0.5, 0.6) is 0 Å². The first kappa shape index (κ1) is 18.5. The summed E-state index contributed by atoms with van der Waals surface area (Å²) in [5, 5.41) is 5.10. The average molecular weight is 392 g/mol. The fraction of sp³-hybridized carbons (Fsp3) is 0.111. The maximum absolute atomic E-state index is 5.10. The van der Waals surface area contributed by atoms with E-state index in [4.69, 9.17) is 5.11 Å². The monoisotopic (exact) mass is 391 g/mol. The summed E-state index contributed by atoms with van der Waals surface area (Å²) in [7, 11) is 0. The number of nitrogens with zero attached hydrogens (tertiary/aromatic N) is 3. The number of quaternary nitrogens is 1. The van der Waals surface area contributed by atoms with E-state index < -0.39 is 0 Å². The number of hydrogen-bond donors (Lipinski definition) is 0. The van der Waals surface area contributed by atoms with Gasteiger partial charge in [-0.3, -0.25) is 0 Å². The van der Waals surface area contributed by atoms with Gasteiger partial charge in [-0.2, -0.15) is 4.48 Å². The van der Waals surface area contributed by atoms with Crippen LogP contribution in [0, 0.1) is 13.8 Å². The topological polar surface area (TPSA) is 15.4 Å². The van der Waals surface area contributed by atoms with E-state index in [1.54, 1.807) is 0 Å². The van der Waals surface area contributed by atoms with Crippen molar-refractivity contribution < 1.29 is 4.70 Å². The molecule has 0 atom stereocenters. The lowest BCUT2D eigenvalue weighted by Crippen LogP contribution is -2.45. The number of hydrogen-bond acceptors (Lipinski definition) is 1. The molecule has 0 unspecified atom stereocenters. The molecule has 0 amide bonds. The highest BCUT2D eigenvalue weighted by molar-refractivity contribution is 5.81. The van der Waals surface area contributed by atoms with Crippen molar-refractivity contribution in [3.8, 4) is 0 Å². The fourth-order valence-corrected chi connectivity index (χ4v) is 4.62. The molecule has 3 nitrogen and oxygen atoms in total. The predicted octanol–water partition coefficient (Wildman–Crippen LogP) is 7.67. The van der Waals surface area contributed by atoms with Crippen LogP contribution in [0.3, 0.4) is 0 Å². The lowest BCUT2D eigenvalue weighted by atomic mass is 10.0. The van der Waals surface area contributed by atoms with Crippen LogP contribution in [0.1, 0.15) is 11.1 Å². The van der Waals surface area contributed by atoms with Gasteiger partial charge in [-0.05, 0) is 30.2 Å². The summed E-state index contributed by atoms with van der Waals surface area (Å²) in [6.07, 6.45) is 0. The highest BCUT2D eigenvalue weighted by Crippen LogP contribution is 2.52. The Morgan fingerprint density at radius 2 is 1.23 bits per heavy atom. The summed E-state index contributed by atoms with van der Waals surface area (Å²) in [4.78, 5) is 0. The van der Waals surface area contributed by atoms with Crippen LogP contribution in [-0.4, -0.2) is 11.4 Å². The van der Waals surface area contributed by atoms with Crippen molar-refractivity contribution in [3.05, 3.63) is 114 Å². The van der Waals surface area contributed by atoms with Crippen molar-refractivity contribution in [2.24, 2.45) is 5.11 Å². The Balaban J connectivity index is 1.88. The van der Waals surface area contributed by atoms with Gasteiger partial charge in [0.25, 0.3) is 0 Å². The van der Waals surface area contributed by atoms with E-state index in [1.165, 1.54) is 28.2 Å². The molecule has 0 radical (unpaired) electrons. The van der Waals surface area contributed by atoms with Crippen LogP contribution in [0.15, 0.2) is 108 Å². The Bertz CT molecular complexity index is 1170. The lowest BCUT2D eigenvalue weighted by molar-refractivity contribution is -0.525. The Morgan fingerprint density at radius 3 is 1.80 bits per heavy atom. The molecule has 0 saturated carbocycles. The number of aryl methyl sites for hydroxylation is 2. The zero-order valence-corrected chi connectivity index (χ0v) is 17.4. The van der Waals surface area contributed by atoms with E-state index in [-0.39, 0.29) is 0 Å². The zero-order valence-electron chi connectivity index (χ0n) is 17.4. The third-order valence-corrected chi connectivity index (χ3v) is 5.83. The third-order valence-electron chi connectivity index (χ3n) is 5.83. The van der Waals surface area contributed by atoms with E-state index in [1.807, 2.05) is 6.07 Å². The van der Waals surface area contributed by atoms with E-state index in [0.29, 0.717) is 11.2 Å². The van der Waals surface area contributed by atoms with Crippen molar-refractivity contribution in [3.63, 3.8) is 0 Å². The number of rotatable bonds is 3. The van der Waals surface area contributed by atoms with Crippen LogP contribution in [-0.2, 0) is 0 Å². The van der Waals surface area contributed by atoms with Gasteiger partial charge in [0.1, 0.15) is 11.4 Å². The van der Waals surface area contributed by atoms with Gasteiger partial charge < -0.3 is 0 Å². The molecule has 30 heavy (non-hydrogen) atoms. The first-order chi connectivity index (χ1) is 14.7. The molecule has 0 saturated heterocycles. The summed E-state index contributed by atoms with van der Waals surface area (Å²) in [6.45, 7) is 5.04. The van der Waals surface area contributed by atoms with Crippen LogP contribution < -0.4 is 4.48 Å². The number of azo groups is 2. The highest BCUT2D eigenvalue weighted by atomic mass is 15.5. The van der Waals surface area contributed by atoms with Crippen molar-refractivity contribution in [2.45, 2.75) is 13.8 Å². The van der Waals surface area contributed by atoms with Crippen molar-refractivity contribution >= 4 is 28.4 Å². The second-order valence-corrected chi connectivity index (χ2v) is 7.91. The summed E-state index contributed by atoms with van der Waals surface area (Å²) < 4.78 is 2.74. The molecule has 0 N–H and O–H groups in total.